The molecule has 16 heavy (non-hydrogen) atoms. The monoisotopic (exact) mass is 284 g/mol. The molecular formula is C11H13BrN2O2. The predicted octanol–water partition coefficient (Wildman–Crippen LogP) is 1.34. The number of carbonyl (C=O) groups excluding carboxylic acids is 1. The summed E-state index contributed by atoms with van der Waals surface area (Å²) in [7, 11) is 0. The fraction of sp³-hybridized carbons (Fsp3) is 0.455. The summed E-state index contributed by atoms with van der Waals surface area (Å²) in [5, 5.41) is 11.9. The van der Waals surface area contributed by atoms with Crippen molar-refractivity contribution in [3.05, 3.63) is 28.5 Å². The second-order valence-electron chi connectivity index (χ2n) is 4.06. The molecule has 2 N–H and O–H groups in total. The molecule has 1 amide bonds. The van der Waals surface area contributed by atoms with Crippen LogP contribution in [0.1, 0.15) is 23.3 Å². The molecule has 5 heteroatoms. The molecule has 0 unspecified atom stereocenters. The van der Waals surface area contributed by atoms with Gasteiger partial charge in [0.05, 0.1) is 6.10 Å². The molecule has 1 saturated carbocycles. The summed E-state index contributed by atoms with van der Waals surface area (Å²) >= 11 is 3.26. The third-order valence-corrected chi connectivity index (χ3v) is 3.19. The van der Waals surface area contributed by atoms with Crippen LogP contribution in [0.15, 0.2) is 22.8 Å². The molecular weight excluding hydrogens is 272 g/mol. The Morgan fingerprint density at radius 3 is 2.88 bits per heavy atom. The highest BCUT2D eigenvalue weighted by Gasteiger charge is 2.27. The molecule has 1 aromatic rings. The molecule has 0 radical (unpaired) electrons. The van der Waals surface area contributed by atoms with Crippen LogP contribution in [0, 0.1) is 5.92 Å². The maximum atomic E-state index is 11.6. The zero-order valence-electron chi connectivity index (χ0n) is 8.69. The van der Waals surface area contributed by atoms with Gasteiger partial charge in [0.15, 0.2) is 0 Å². The van der Waals surface area contributed by atoms with E-state index in [4.69, 9.17) is 5.11 Å². The molecule has 2 rings (SSSR count). The minimum Gasteiger partial charge on any atom is -0.393 e. The molecule has 0 spiro atoms. The van der Waals surface area contributed by atoms with Crippen LogP contribution in [0.2, 0.25) is 0 Å². The number of aromatic nitrogens is 1. The molecule has 0 saturated heterocycles. The molecule has 1 aliphatic carbocycles. The van der Waals surface area contributed by atoms with Crippen molar-refractivity contribution in [2.45, 2.75) is 18.9 Å². The Labute approximate surface area is 102 Å². The maximum absolute atomic E-state index is 11.6. The van der Waals surface area contributed by atoms with E-state index in [9.17, 15) is 4.79 Å². The van der Waals surface area contributed by atoms with Gasteiger partial charge in [0.25, 0.3) is 5.91 Å². The number of rotatable bonds is 3. The van der Waals surface area contributed by atoms with E-state index in [1.807, 2.05) is 0 Å². The maximum Gasteiger partial charge on any atom is 0.269 e. The Kier molecular flexibility index (Phi) is 3.56. The van der Waals surface area contributed by atoms with Crippen molar-refractivity contribution in [2.24, 2.45) is 5.92 Å². The summed E-state index contributed by atoms with van der Waals surface area (Å²) in [5.41, 5.74) is 0.420. The van der Waals surface area contributed by atoms with E-state index in [-0.39, 0.29) is 12.0 Å². The van der Waals surface area contributed by atoms with E-state index in [1.54, 1.807) is 18.3 Å². The average molecular weight is 285 g/mol. The number of halogens is 1. The van der Waals surface area contributed by atoms with Gasteiger partial charge in [-0.05, 0) is 46.8 Å². The summed E-state index contributed by atoms with van der Waals surface area (Å²) in [5.74, 6) is 0.253. The largest absolute Gasteiger partial charge is 0.393 e. The number of nitrogens with one attached hydrogen (secondary N) is 1. The average Bonchev–Trinajstić information content (AvgIpc) is 2.23. The normalized spacial score (nSPS) is 23.6. The third kappa shape index (κ3) is 2.80. The second kappa shape index (κ2) is 4.93. The van der Waals surface area contributed by atoms with Crippen molar-refractivity contribution in [1.29, 1.82) is 0 Å². The number of aliphatic hydroxyl groups is 1. The topological polar surface area (TPSA) is 62.2 Å². The molecule has 86 valence electrons. The van der Waals surface area contributed by atoms with Gasteiger partial charge in [-0.2, -0.15) is 0 Å². The number of carbonyl (C=O) groups is 1. The molecule has 1 fully saturated rings. The van der Waals surface area contributed by atoms with Crippen molar-refractivity contribution >= 4 is 21.8 Å². The molecule has 0 aromatic carbocycles. The van der Waals surface area contributed by atoms with Crippen LogP contribution in [0.4, 0.5) is 0 Å². The van der Waals surface area contributed by atoms with Gasteiger partial charge in [0, 0.05) is 17.2 Å². The predicted molar refractivity (Wildman–Crippen MR) is 63.0 cm³/mol. The lowest BCUT2D eigenvalue weighted by atomic mass is 9.82. The van der Waals surface area contributed by atoms with Gasteiger partial charge in [0.2, 0.25) is 0 Å². The minimum atomic E-state index is -0.173. The second-order valence-corrected chi connectivity index (χ2v) is 4.98. The van der Waals surface area contributed by atoms with Crippen LogP contribution in [0.5, 0.6) is 0 Å². The lowest BCUT2D eigenvalue weighted by Crippen LogP contribution is -2.38. The quantitative estimate of drug-likeness (QED) is 0.881. The van der Waals surface area contributed by atoms with E-state index in [0.717, 1.165) is 17.3 Å². The summed E-state index contributed by atoms with van der Waals surface area (Å²) in [4.78, 5) is 15.6. The number of hydrogen-bond donors (Lipinski definition) is 2. The molecule has 0 aliphatic heterocycles. The van der Waals surface area contributed by atoms with Gasteiger partial charge < -0.3 is 10.4 Å². The molecule has 0 bridgehead atoms. The van der Waals surface area contributed by atoms with Crippen molar-refractivity contribution < 1.29 is 9.90 Å². The standard InChI is InChI=1S/C11H13BrN2O2/c12-8-1-2-10(13-6-8)11(16)14-5-7-3-9(15)4-7/h1-2,6-7,9,15H,3-5H2,(H,14,16). The number of aliphatic hydroxyl groups excluding tert-OH is 1. The first-order valence-corrected chi connectivity index (χ1v) is 6.02. The fourth-order valence-electron chi connectivity index (χ4n) is 1.70. The van der Waals surface area contributed by atoms with Crippen LogP contribution < -0.4 is 5.32 Å². The van der Waals surface area contributed by atoms with Crippen molar-refractivity contribution in [2.75, 3.05) is 6.54 Å². The number of hydrogen-bond acceptors (Lipinski definition) is 3. The van der Waals surface area contributed by atoms with Gasteiger partial charge in [-0.3, -0.25) is 4.79 Å². The zero-order valence-corrected chi connectivity index (χ0v) is 10.3. The first-order valence-electron chi connectivity index (χ1n) is 5.23. The molecule has 1 heterocycles. The lowest BCUT2D eigenvalue weighted by Gasteiger charge is -2.31. The summed E-state index contributed by atoms with van der Waals surface area (Å²) in [6.45, 7) is 0.619. The van der Waals surface area contributed by atoms with Gasteiger partial charge in [-0.1, -0.05) is 0 Å². The highest BCUT2D eigenvalue weighted by Crippen LogP contribution is 2.26. The van der Waals surface area contributed by atoms with Gasteiger partial charge in [0.1, 0.15) is 5.69 Å². The van der Waals surface area contributed by atoms with E-state index in [1.165, 1.54) is 0 Å². The Morgan fingerprint density at radius 2 is 2.31 bits per heavy atom. The van der Waals surface area contributed by atoms with Crippen molar-refractivity contribution in [3.63, 3.8) is 0 Å². The lowest BCUT2D eigenvalue weighted by molar-refractivity contribution is 0.0419. The van der Waals surface area contributed by atoms with Crippen LogP contribution >= 0.6 is 15.9 Å². The molecule has 1 aromatic heterocycles. The van der Waals surface area contributed by atoms with Crippen LogP contribution in [-0.4, -0.2) is 28.6 Å². The van der Waals surface area contributed by atoms with E-state index >= 15 is 0 Å². The fourth-order valence-corrected chi connectivity index (χ4v) is 1.94. The molecule has 4 nitrogen and oxygen atoms in total. The SMILES string of the molecule is O=C(NCC1CC(O)C1)c1ccc(Br)cn1. The number of amides is 1. The first-order chi connectivity index (χ1) is 7.65. The first kappa shape index (κ1) is 11.5. The van der Waals surface area contributed by atoms with E-state index in [2.05, 4.69) is 26.2 Å². The van der Waals surface area contributed by atoms with Gasteiger partial charge >= 0.3 is 0 Å². The summed E-state index contributed by atoms with van der Waals surface area (Å²) in [6.07, 6.45) is 3.00. The number of nitrogens with zero attached hydrogens (tertiary/aromatic N) is 1. The Bertz CT molecular complexity index is 374. The van der Waals surface area contributed by atoms with Gasteiger partial charge in [-0.25, -0.2) is 4.98 Å². The highest BCUT2D eigenvalue weighted by atomic mass is 79.9. The highest BCUT2D eigenvalue weighted by molar-refractivity contribution is 9.10. The smallest absolute Gasteiger partial charge is 0.269 e. The van der Waals surface area contributed by atoms with Crippen LogP contribution in [0.25, 0.3) is 0 Å². The van der Waals surface area contributed by atoms with Crippen molar-refractivity contribution in [3.8, 4) is 0 Å². The molecule has 1 aliphatic rings. The van der Waals surface area contributed by atoms with Crippen LogP contribution in [-0.2, 0) is 0 Å². The van der Waals surface area contributed by atoms with Crippen molar-refractivity contribution in [1.82, 2.24) is 10.3 Å². The van der Waals surface area contributed by atoms with Gasteiger partial charge in [-0.15, -0.1) is 0 Å². The summed E-state index contributed by atoms with van der Waals surface area (Å²) < 4.78 is 0.853. The summed E-state index contributed by atoms with van der Waals surface area (Å²) in [6, 6.07) is 3.46. The van der Waals surface area contributed by atoms with Crippen LogP contribution in [0.3, 0.4) is 0 Å². The Morgan fingerprint density at radius 1 is 1.56 bits per heavy atom. The number of pyridine rings is 1. The molecule has 0 atom stereocenters. The minimum absolute atomic E-state index is 0.158. The zero-order chi connectivity index (χ0) is 11.5. The third-order valence-electron chi connectivity index (χ3n) is 2.72. The van der Waals surface area contributed by atoms with E-state index < -0.39 is 0 Å². The Balaban J connectivity index is 1.81. The van der Waals surface area contributed by atoms with E-state index in [0.29, 0.717) is 18.2 Å². The Hall–Kier alpha value is -0.940.